The number of halogens is 1. The van der Waals surface area contributed by atoms with E-state index in [1.165, 1.54) is 0 Å². The number of hydrogen-bond donors (Lipinski definition) is 1. The Bertz CT molecular complexity index is 775. The van der Waals surface area contributed by atoms with E-state index in [9.17, 15) is 4.79 Å². The van der Waals surface area contributed by atoms with Gasteiger partial charge < -0.3 is 19.7 Å². The van der Waals surface area contributed by atoms with Crippen molar-refractivity contribution in [3.05, 3.63) is 53.6 Å². The van der Waals surface area contributed by atoms with Crippen LogP contribution in [0.25, 0.3) is 0 Å². The third-order valence-corrected chi connectivity index (χ3v) is 4.95. The lowest BCUT2D eigenvalue weighted by Crippen LogP contribution is -2.42. The van der Waals surface area contributed by atoms with Gasteiger partial charge in [-0.15, -0.1) is 0 Å². The molecule has 0 saturated carbocycles. The highest BCUT2D eigenvalue weighted by molar-refractivity contribution is 6.30. The third kappa shape index (κ3) is 4.93. The highest BCUT2D eigenvalue weighted by Gasteiger charge is 2.30. The van der Waals surface area contributed by atoms with Gasteiger partial charge >= 0.3 is 0 Å². The molecule has 0 aromatic heterocycles. The molecule has 27 heavy (non-hydrogen) atoms. The largest absolute Gasteiger partial charge is 0.478 e. The number of hydrogen-bond acceptors (Lipinski definition) is 4. The van der Waals surface area contributed by atoms with Crippen molar-refractivity contribution in [1.29, 1.82) is 0 Å². The predicted octanol–water partition coefficient (Wildman–Crippen LogP) is 4.36. The van der Waals surface area contributed by atoms with Gasteiger partial charge in [-0.05, 0) is 68.8 Å². The summed E-state index contributed by atoms with van der Waals surface area (Å²) in [6.45, 7) is 5.34. The molecule has 0 spiro atoms. The fraction of sp³-hybridized carbons (Fsp3) is 0.381. The standard InChI is InChI=1S/C21H25ClN2O3/c1-21(2,27-18-10-4-15(22)5-11-18)20(25)23-16-6-8-17(9-7-16)24-13-12-19(14-24)26-3/h4-11,19H,12-14H2,1-3H3,(H,23,25). The van der Waals surface area contributed by atoms with Crippen molar-refractivity contribution in [3.8, 4) is 5.75 Å². The summed E-state index contributed by atoms with van der Waals surface area (Å²) in [6.07, 6.45) is 1.32. The molecule has 1 aliphatic heterocycles. The van der Waals surface area contributed by atoms with E-state index in [0.29, 0.717) is 10.8 Å². The average molecular weight is 389 g/mol. The van der Waals surface area contributed by atoms with Gasteiger partial charge in [-0.25, -0.2) is 0 Å². The van der Waals surface area contributed by atoms with Gasteiger partial charge in [0, 0.05) is 36.6 Å². The van der Waals surface area contributed by atoms with Crippen LogP contribution in [0.3, 0.4) is 0 Å². The van der Waals surface area contributed by atoms with Crippen molar-refractivity contribution >= 4 is 28.9 Å². The number of ether oxygens (including phenoxy) is 2. The molecular weight excluding hydrogens is 364 g/mol. The zero-order chi connectivity index (χ0) is 19.4. The molecule has 1 fully saturated rings. The minimum Gasteiger partial charge on any atom is -0.478 e. The normalized spacial score (nSPS) is 17.0. The number of nitrogens with zero attached hydrogens (tertiary/aromatic N) is 1. The molecule has 2 aromatic rings. The fourth-order valence-corrected chi connectivity index (χ4v) is 3.16. The molecular formula is C21H25ClN2O3. The van der Waals surface area contributed by atoms with Crippen LogP contribution in [-0.2, 0) is 9.53 Å². The molecule has 1 amide bonds. The number of carbonyl (C=O) groups excluding carboxylic acids is 1. The van der Waals surface area contributed by atoms with Crippen LogP contribution >= 0.6 is 11.6 Å². The number of carbonyl (C=O) groups is 1. The van der Waals surface area contributed by atoms with Gasteiger partial charge in [0.1, 0.15) is 5.75 Å². The molecule has 6 heteroatoms. The Morgan fingerprint density at radius 1 is 1.15 bits per heavy atom. The molecule has 1 unspecified atom stereocenters. The Morgan fingerprint density at radius 2 is 1.81 bits per heavy atom. The van der Waals surface area contributed by atoms with Gasteiger partial charge in [-0.3, -0.25) is 4.79 Å². The molecule has 1 saturated heterocycles. The van der Waals surface area contributed by atoms with Crippen LogP contribution < -0.4 is 15.0 Å². The van der Waals surface area contributed by atoms with E-state index in [4.69, 9.17) is 21.1 Å². The quantitative estimate of drug-likeness (QED) is 0.798. The molecule has 2 aromatic carbocycles. The van der Waals surface area contributed by atoms with Crippen molar-refractivity contribution in [1.82, 2.24) is 0 Å². The Hall–Kier alpha value is -2.24. The molecule has 0 radical (unpaired) electrons. The van der Waals surface area contributed by atoms with Crippen LogP contribution in [0.2, 0.25) is 5.02 Å². The SMILES string of the molecule is COC1CCN(c2ccc(NC(=O)C(C)(C)Oc3ccc(Cl)cc3)cc2)C1. The number of benzene rings is 2. The molecule has 3 rings (SSSR count). The van der Waals surface area contributed by atoms with Crippen molar-refractivity contribution in [2.24, 2.45) is 0 Å². The molecule has 1 atom stereocenters. The maximum atomic E-state index is 12.6. The van der Waals surface area contributed by atoms with Gasteiger partial charge in [0.05, 0.1) is 6.10 Å². The number of anilines is 2. The van der Waals surface area contributed by atoms with Crippen LogP contribution in [-0.4, -0.2) is 37.8 Å². The minimum atomic E-state index is -1.02. The number of methoxy groups -OCH3 is 1. The second-order valence-electron chi connectivity index (χ2n) is 7.16. The monoisotopic (exact) mass is 388 g/mol. The zero-order valence-electron chi connectivity index (χ0n) is 15.9. The van der Waals surface area contributed by atoms with E-state index in [0.717, 1.165) is 30.9 Å². The highest BCUT2D eigenvalue weighted by atomic mass is 35.5. The Kier molecular flexibility index (Phi) is 5.92. The van der Waals surface area contributed by atoms with E-state index in [-0.39, 0.29) is 12.0 Å². The molecule has 0 bridgehead atoms. The smallest absolute Gasteiger partial charge is 0.267 e. The predicted molar refractivity (Wildman–Crippen MR) is 109 cm³/mol. The van der Waals surface area contributed by atoms with Crippen molar-refractivity contribution in [2.75, 3.05) is 30.4 Å². The fourth-order valence-electron chi connectivity index (χ4n) is 3.04. The summed E-state index contributed by atoms with van der Waals surface area (Å²) in [5.74, 6) is 0.377. The Morgan fingerprint density at radius 3 is 2.41 bits per heavy atom. The maximum Gasteiger partial charge on any atom is 0.267 e. The Labute approximate surface area is 165 Å². The van der Waals surface area contributed by atoms with Gasteiger partial charge in [0.2, 0.25) is 0 Å². The zero-order valence-corrected chi connectivity index (χ0v) is 16.6. The van der Waals surface area contributed by atoms with Crippen LogP contribution in [0.15, 0.2) is 48.5 Å². The second kappa shape index (κ2) is 8.19. The first-order valence-electron chi connectivity index (χ1n) is 9.01. The first-order valence-corrected chi connectivity index (χ1v) is 9.39. The van der Waals surface area contributed by atoms with E-state index < -0.39 is 5.60 Å². The lowest BCUT2D eigenvalue weighted by Gasteiger charge is -2.25. The van der Waals surface area contributed by atoms with E-state index in [2.05, 4.69) is 10.2 Å². The number of amides is 1. The maximum absolute atomic E-state index is 12.6. The third-order valence-electron chi connectivity index (χ3n) is 4.70. The molecule has 0 aliphatic carbocycles. The summed E-state index contributed by atoms with van der Waals surface area (Å²) in [5, 5.41) is 3.54. The first-order chi connectivity index (χ1) is 12.9. The topological polar surface area (TPSA) is 50.8 Å². The summed E-state index contributed by atoms with van der Waals surface area (Å²) in [6, 6.07) is 14.8. The Balaban J connectivity index is 1.60. The lowest BCUT2D eigenvalue weighted by atomic mass is 10.1. The summed E-state index contributed by atoms with van der Waals surface area (Å²) in [7, 11) is 1.75. The second-order valence-corrected chi connectivity index (χ2v) is 7.60. The van der Waals surface area contributed by atoms with E-state index in [1.807, 2.05) is 24.3 Å². The molecule has 1 heterocycles. The van der Waals surface area contributed by atoms with E-state index in [1.54, 1.807) is 45.2 Å². The van der Waals surface area contributed by atoms with Crippen LogP contribution in [0.4, 0.5) is 11.4 Å². The molecule has 144 valence electrons. The highest BCUT2D eigenvalue weighted by Crippen LogP contribution is 2.25. The summed E-state index contributed by atoms with van der Waals surface area (Å²) in [4.78, 5) is 14.9. The van der Waals surface area contributed by atoms with Crippen LogP contribution in [0.1, 0.15) is 20.3 Å². The van der Waals surface area contributed by atoms with Gasteiger partial charge in [-0.1, -0.05) is 11.6 Å². The van der Waals surface area contributed by atoms with Gasteiger partial charge in [0.25, 0.3) is 5.91 Å². The lowest BCUT2D eigenvalue weighted by molar-refractivity contribution is -0.128. The van der Waals surface area contributed by atoms with Gasteiger partial charge in [0.15, 0.2) is 5.60 Å². The summed E-state index contributed by atoms with van der Waals surface area (Å²) < 4.78 is 11.2. The van der Waals surface area contributed by atoms with Crippen molar-refractivity contribution in [3.63, 3.8) is 0 Å². The van der Waals surface area contributed by atoms with Crippen molar-refractivity contribution in [2.45, 2.75) is 32.0 Å². The average Bonchev–Trinajstić information content (AvgIpc) is 3.13. The van der Waals surface area contributed by atoms with Gasteiger partial charge in [-0.2, -0.15) is 0 Å². The van der Waals surface area contributed by atoms with E-state index >= 15 is 0 Å². The molecule has 1 aliphatic rings. The first kappa shape index (κ1) is 19.5. The van der Waals surface area contributed by atoms with Crippen molar-refractivity contribution < 1.29 is 14.3 Å². The summed E-state index contributed by atoms with van der Waals surface area (Å²) in [5.41, 5.74) is 0.843. The van der Waals surface area contributed by atoms with Crippen LogP contribution in [0.5, 0.6) is 5.75 Å². The number of nitrogens with one attached hydrogen (secondary N) is 1. The summed E-state index contributed by atoms with van der Waals surface area (Å²) >= 11 is 5.88. The molecule has 1 N–H and O–H groups in total. The minimum absolute atomic E-state index is 0.217. The van der Waals surface area contributed by atoms with Crippen LogP contribution in [0, 0.1) is 0 Å². The molecule has 5 nitrogen and oxygen atoms in total. The number of rotatable bonds is 6.